The first kappa shape index (κ1) is 18.8. The van der Waals surface area contributed by atoms with Crippen molar-refractivity contribution in [3.8, 4) is 5.75 Å². The number of fused-ring (bicyclic) bond motifs is 1. The first-order chi connectivity index (χ1) is 12.3. The quantitative estimate of drug-likeness (QED) is 0.660. The lowest BCUT2D eigenvalue weighted by atomic mass is 10.1. The van der Waals surface area contributed by atoms with E-state index in [1.807, 2.05) is 6.07 Å². The summed E-state index contributed by atoms with van der Waals surface area (Å²) in [6, 6.07) is 6.51. The number of nitrogens with one attached hydrogen (secondary N) is 2. The van der Waals surface area contributed by atoms with Crippen LogP contribution in [0.1, 0.15) is 0 Å². The highest BCUT2D eigenvalue weighted by molar-refractivity contribution is 7.91. The van der Waals surface area contributed by atoms with Crippen LogP contribution in [-0.4, -0.2) is 69.4 Å². The molecule has 142 valence electrons. The van der Waals surface area contributed by atoms with E-state index in [0.29, 0.717) is 11.4 Å². The first-order valence-electron chi connectivity index (χ1n) is 8.15. The summed E-state index contributed by atoms with van der Waals surface area (Å²) < 4.78 is 28.9. The van der Waals surface area contributed by atoms with Gasteiger partial charge in [0.05, 0.1) is 41.7 Å². The van der Waals surface area contributed by atoms with Crippen LogP contribution >= 0.6 is 11.6 Å². The van der Waals surface area contributed by atoms with Crippen molar-refractivity contribution in [3.05, 3.63) is 24.3 Å². The standard InChI is InChI=1S/C16H20ClN3O5S/c1-18-16(22)14-6-20(12-4-2-3-5-13(12)25-14)7-15(21)19-11-9-26(23,24)8-10(11)17/h2-5,10-11,14H,6-9H2,1H3,(H,18,22)(H,19,21)/t10-,11+,14+/m0/s1. The summed E-state index contributed by atoms with van der Waals surface area (Å²) in [5, 5.41) is 4.59. The number of nitrogens with zero attached hydrogens (tertiary/aromatic N) is 1. The van der Waals surface area contributed by atoms with Gasteiger partial charge in [0.15, 0.2) is 15.9 Å². The molecule has 8 nitrogen and oxygen atoms in total. The number of rotatable bonds is 4. The van der Waals surface area contributed by atoms with Crippen LogP contribution < -0.4 is 20.3 Å². The molecule has 2 amide bonds. The predicted molar refractivity (Wildman–Crippen MR) is 97.4 cm³/mol. The molecule has 0 saturated carbocycles. The Kier molecular flexibility index (Phi) is 5.29. The molecule has 3 atom stereocenters. The van der Waals surface area contributed by atoms with Gasteiger partial charge in [-0.25, -0.2) is 8.42 Å². The fraction of sp³-hybridized carbons (Fsp3) is 0.500. The molecule has 2 heterocycles. The number of alkyl halides is 1. The zero-order chi connectivity index (χ0) is 18.9. The van der Waals surface area contributed by atoms with E-state index in [9.17, 15) is 18.0 Å². The van der Waals surface area contributed by atoms with E-state index in [1.54, 1.807) is 23.1 Å². The lowest BCUT2D eigenvalue weighted by Crippen LogP contribution is -2.52. The maximum Gasteiger partial charge on any atom is 0.262 e. The van der Waals surface area contributed by atoms with Gasteiger partial charge in [-0.2, -0.15) is 0 Å². The minimum Gasteiger partial charge on any atom is -0.477 e. The fourth-order valence-electron chi connectivity index (χ4n) is 3.12. The second kappa shape index (κ2) is 7.32. The smallest absolute Gasteiger partial charge is 0.262 e. The van der Waals surface area contributed by atoms with E-state index in [0.717, 1.165) is 0 Å². The Bertz CT molecular complexity index is 816. The van der Waals surface area contributed by atoms with Crippen molar-refractivity contribution >= 4 is 38.9 Å². The number of halogens is 1. The number of hydrogen-bond donors (Lipinski definition) is 2. The Balaban J connectivity index is 1.71. The van der Waals surface area contributed by atoms with E-state index in [4.69, 9.17) is 16.3 Å². The number of likely N-dealkylation sites (N-methyl/N-ethyl adjacent to an activating group) is 1. The molecule has 2 N–H and O–H groups in total. The number of hydrogen-bond acceptors (Lipinski definition) is 6. The van der Waals surface area contributed by atoms with Crippen LogP contribution in [0.3, 0.4) is 0 Å². The normalized spacial score (nSPS) is 26.5. The number of amides is 2. The van der Waals surface area contributed by atoms with Crippen LogP contribution in [0, 0.1) is 0 Å². The lowest BCUT2D eigenvalue weighted by Gasteiger charge is -2.35. The molecule has 1 aromatic carbocycles. The Morgan fingerprint density at radius 1 is 1.31 bits per heavy atom. The van der Waals surface area contributed by atoms with E-state index in [2.05, 4.69) is 10.6 Å². The highest BCUT2D eigenvalue weighted by atomic mass is 35.5. The highest BCUT2D eigenvalue weighted by Crippen LogP contribution is 2.32. The van der Waals surface area contributed by atoms with Gasteiger partial charge in [-0.15, -0.1) is 11.6 Å². The van der Waals surface area contributed by atoms with Gasteiger partial charge in [0.2, 0.25) is 5.91 Å². The number of carbonyl (C=O) groups excluding carboxylic acids is 2. The third-order valence-corrected chi connectivity index (χ3v) is 6.74. The molecule has 2 aliphatic heterocycles. The highest BCUT2D eigenvalue weighted by Gasteiger charge is 2.38. The van der Waals surface area contributed by atoms with Crippen molar-refractivity contribution < 1.29 is 22.7 Å². The number of benzene rings is 1. The maximum atomic E-state index is 12.4. The predicted octanol–water partition coefficient (Wildman–Crippen LogP) is -0.479. The van der Waals surface area contributed by atoms with Crippen molar-refractivity contribution in [2.45, 2.75) is 17.5 Å². The number of carbonyl (C=O) groups is 2. The zero-order valence-corrected chi connectivity index (χ0v) is 15.7. The monoisotopic (exact) mass is 401 g/mol. The number of anilines is 1. The molecule has 1 saturated heterocycles. The molecule has 1 fully saturated rings. The Labute approximate surface area is 156 Å². The third kappa shape index (κ3) is 4.04. The molecule has 10 heteroatoms. The van der Waals surface area contributed by atoms with Crippen molar-refractivity contribution in [2.24, 2.45) is 0 Å². The van der Waals surface area contributed by atoms with Crippen LogP contribution in [-0.2, 0) is 19.4 Å². The average Bonchev–Trinajstić information content (AvgIpc) is 2.85. The van der Waals surface area contributed by atoms with Crippen LogP contribution in [0.4, 0.5) is 5.69 Å². The van der Waals surface area contributed by atoms with Gasteiger partial charge in [0.1, 0.15) is 5.75 Å². The van der Waals surface area contributed by atoms with Crippen LogP contribution in [0.25, 0.3) is 0 Å². The van der Waals surface area contributed by atoms with Crippen molar-refractivity contribution in [1.82, 2.24) is 10.6 Å². The van der Waals surface area contributed by atoms with Gasteiger partial charge in [-0.1, -0.05) is 12.1 Å². The molecule has 2 aliphatic rings. The molecule has 0 spiro atoms. The first-order valence-corrected chi connectivity index (χ1v) is 10.4. The summed E-state index contributed by atoms with van der Waals surface area (Å²) in [4.78, 5) is 26.1. The number of ether oxygens (including phenoxy) is 1. The van der Waals surface area contributed by atoms with Crippen LogP contribution in [0.5, 0.6) is 5.75 Å². The second-order valence-corrected chi connectivity index (χ2v) is 9.05. The molecule has 1 aromatic rings. The summed E-state index contributed by atoms with van der Waals surface area (Å²) in [6.07, 6.45) is -0.740. The molecule has 0 unspecified atom stereocenters. The number of sulfone groups is 1. The molecule has 3 rings (SSSR count). The molecule has 26 heavy (non-hydrogen) atoms. The van der Waals surface area contributed by atoms with Gasteiger partial charge in [0.25, 0.3) is 5.91 Å². The van der Waals surface area contributed by atoms with Crippen molar-refractivity contribution in [3.63, 3.8) is 0 Å². The van der Waals surface area contributed by atoms with Gasteiger partial charge < -0.3 is 20.3 Å². The summed E-state index contributed by atoms with van der Waals surface area (Å²) in [7, 11) is -1.71. The molecule has 0 radical (unpaired) electrons. The minimum atomic E-state index is -3.23. The van der Waals surface area contributed by atoms with Crippen LogP contribution in [0.15, 0.2) is 24.3 Å². The van der Waals surface area contributed by atoms with E-state index in [-0.39, 0.29) is 36.4 Å². The largest absolute Gasteiger partial charge is 0.477 e. The third-order valence-electron chi connectivity index (χ3n) is 4.36. The Morgan fingerprint density at radius 3 is 2.69 bits per heavy atom. The SMILES string of the molecule is CNC(=O)[C@H]1CN(CC(=O)N[C@@H]2CS(=O)(=O)C[C@@H]2Cl)c2ccccc2O1. The Morgan fingerprint density at radius 2 is 2.04 bits per heavy atom. The lowest BCUT2D eigenvalue weighted by molar-refractivity contribution is -0.127. The zero-order valence-electron chi connectivity index (χ0n) is 14.1. The van der Waals surface area contributed by atoms with Gasteiger partial charge in [0, 0.05) is 7.05 Å². The van der Waals surface area contributed by atoms with E-state index < -0.39 is 27.4 Å². The fourth-order valence-corrected chi connectivity index (χ4v) is 5.67. The molecule has 0 bridgehead atoms. The molecule has 0 aliphatic carbocycles. The van der Waals surface area contributed by atoms with Crippen molar-refractivity contribution in [2.75, 3.05) is 36.5 Å². The molecular weight excluding hydrogens is 382 g/mol. The van der Waals surface area contributed by atoms with Gasteiger partial charge in [-0.05, 0) is 12.1 Å². The minimum absolute atomic E-state index is 0.0337. The summed E-state index contributed by atoms with van der Waals surface area (Å²) in [6.45, 7) is 0.172. The van der Waals surface area contributed by atoms with Gasteiger partial charge in [-0.3, -0.25) is 9.59 Å². The topological polar surface area (TPSA) is 105 Å². The van der Waals surface area contributed by atoms with Gasteiger partial charge >= 0.3 is 0 Å². The van der Waals surface area contributed by atoms with E-state index in [1.165, 1.54) is 7.05 Å². The van der Waals surface area contributed by atoms with E-state index >= 15 is 0 Å². The second-order valence-electron chi connectivity index (χ2n) is 6.34. The maximum absolute atomic E-state index is 12.4. The average molecular weight is 402 g/mol. The summed E-state index contributed by atoms with van der Waals surface area (Å²) in [5.74, 6) is -0.428. The van der Waals surface area contributed by atoms with Crippen LogP contribution in [0.2, 0.25) is 0 Å². The Hall–Kier alpha value is -2.00. The number of para-hydroxylation sites is 2. The van der Waals surface area contributed by atoms with Crippen molar-refractivity contribution in [1.29, 1.82) is 0 Å². The summed E-state index contributed by atoms with van der Waals surface area (Å²) in [5.41, 5.74) is 0.698. The summed E-state index contributed by atoms with van der Waals surface area (Å²) >= 11 is 6.03. The molecular formula is C16H20ClN3O5S. The molecule has 0 aromatic heterocycles.